The fraction of sp³-hybridized carbons (Fsp3) is 0.370. The number of ketones is 1. The summed E-state index contributed by atoms with van der Waals surface area (Å²) < 4.78 is 2.13. The lowest BCUT2D eigenvalue weighted by molar-refractivity contribution is -0.142. The highest BCUT2D eigenvalue weighted by Crippen LogP contribution is 2.29. The van der Waals surface area contributed by atoms with Gasteiger partial charge in [0, 0.05) is 42.5 Å². The Hall–Kier alpha value is -3.45. The maximum Gasteiger partial charge on any atom is 0.235 e. The number of rotatable bonds is 8. The van der Waals surface area contributed by atoms with Crippen LogP contribution in [0.5, 0.6) is 0 Å². The van der Waals surface area contributed by atoms with Crippen molar-refractivity contribution in [1.82, 2.24) is 9.47 Å². The van der Waals surface area contributed by atoms with Crippen LogP contribution in [-0.4, -0.2) is 39.6 Å². The van der Waals surface area contributed by atoms with Crippen molar-refractivity contribution < 1.29 is 9.59 Å². The topological polar surface area (TPSA) is 118 Å². The Morgan fingerprint density at radius 1 is 1.15 bits per heavy atom. The molecule has 0 bridgehead atoms. The van der Waals surface area contributed by atoms with Gasteiger partial charge in [0.05, 0.1) is 0 Å². The number of fused-ring (bicyclic) bond motifs is 1. The van der Waals surface area contributed by atoms with Gasteiger partial charge in [-0.1, -0.05) is 42.5 Å². The zero-order valence-corrected chi connectivity index (χ0v) is 19.8. The molecule has 178 valence electrons. The third kappa shape index (κ3) is 4.61. The van der Waals surface area contributed by atoms with E-state index in [-0.39, 0.29) is 23.6 Å². The third-order valence-electron chi connectivity index (χ3n) is 7.10. The highest BCUT2D eigenvalue weighted by Gasteiger charge is 2.38. The molecule has 1 aliphatic heterocycles. The summed E-state index contributed by atoms with van der Waals surface area (Å²) in [6.45, 7) is 2.12. The van der Waals surface area contributed by atoms with E-state index in [0.717, 1.165) is 42.1 Å². The molecule has 1 aromatic heterocycles. The molecule has 7 nitrogen and oxygen atoms in total. The van der Waals surface area contributed by atoms with Crippen LogP contribution in [0, 0.1) is 11.3 Å². The van der Waals surface area contributed by atoms with Gasteiger partial charge in [-0.05, 0) is 55.7 Å². The monoisotopic (exact) mass is 459 g/mol. The maximum absolute atomic E-state index is 13.5. The maximum atomic E-state index is 13.5. The quantitative estimate of drug-likeness (QED) is 0.272. The SMILES string of the molecule is CC(=O)C(C(=O)N1CCC[C@H]1CCc1cc2ccc(C(=N)N)cc2n1C)C(N)c1ccccc1. The molecule has 0 radical (unpaired) electrons. The van der Waals surface area contributed by atoms with Gasteiger partial charge in [0.15, 0.2) is 0 Å². The zero-order valence-electron chi connectivity index (χ0n) is 19.8. The average Bonchev–Trinajstić information content (AvgIpc) is 3.42. The predicted molar refractivity (Wildman–Crippen MR) is 135 cm³/mol. The number of Topliss-reactive ketones (excluding diaryl/α,β-unsaturated/α-hetero) is 1. The lowest BCUT2D eigenvalue weighted by atomic mass is 9.89. The first-order chi connectivity index (χ1) is 16.3. The van der Waals surface area contributed by atoms with Gasteiger partial charge in [-0.2, -0.15) is 0 Å². The smallest absolute Gasteiger partial charge is 0.235 e. The largest absolute Gasteiger partial charge is 0.384 e. The van der Waals surface area contributed by atoms with Crippen molar-refractivity contribution in [3.05, 3.63) is 71.4 Å². The summed E-state index contributed by atoms with van der Waals surface area (Å²) in [4.78, 5) is 27.9. The number of nitrogen functional groups attached to an aromatic ring is 1. The highest BCUT2D eigenvalue weighted by molar-refractivity contribution is 6.01. The summed E-state index contributed by atoms with van der Waals surface area (Å²) in [5.74, 6) is -1.17. The van der Waals surface area contributed by atoms with Gasteiger partial charge < -0.3 is 20.9 Å². The predicted octanol–water partition coefficient (Wildman–Crippen LogP) is 3.29. The van der Waals surface area contributed by atoms with Crippen molar-refractivity contribution in [3.8, 4) is 0 Å². The summed E-state index contributed by atoms with van der Waals surface area (Å²) in [6, 6.07) is 16.8. The summed E-state index contributed by atoms with van der Waals surface area (Å²) in [5.41, 5.74) is 15.8. The third-order valence-corrected chi connectivity index (χ3v) is 7.10. The molecule has 1 saturated heterocycles. The van der Waals surface area contributed by atoms with E-state index in [9.17, 15) is 9.59 Å². The van der Waals surface area contributed by atoms with Gasteiger partial charge in [0.2, 0.25) is 5.91 Å². The van der Waals surface area contributed by atoms with Crippen LogP contribution >= 0.6 is 0 Å². The Kier molecular flexibility index (Phi) is 6.84. The van der Waals surface area contributed by atoms with Gasteiger partial charge in [0.1, 0.15) is 17.5 Å². The molecule has 2 unspecified atom stereocenters. The molecule has 1 amide bonds. The van der Waals surface area contributed by atoms with E-state index in [0.29, 0.717) is 12.1 Å². The number of nitrogens with one attached hydrogen (secondary N) is 1. The molecule has 2 heterocycles. The van der Waals surface area contributed by atoms with Crippen molar-refractivity contribution in [1.29, 1.82) is 5.41 Å². The first kappa shape index (κ1) is 23.7. The number of amidine groups is 1. The fourth-order valence-corrected chi connectivity index (χ4v) is 5.16. The Morgan fingerprint density at radius 3 is 2.56 bits per heavy atom. The van der Waals surface area contributed by atoms with Crippen LogP contribution in [0.3, 0.4) is 0 Å². The first-order valence-corrected chi connectivity index (χ1v) is 11.8. The number of likely N-dealkylation sites (tertiary alicyclic amines) is 1. The minimum Gasteiger partial charge on any atom is -0.384 e. The van der Waals surface area contributed by atoms with Crippen LogP contribution in [0.2, 0.25) is 0 Å². The number of nitrogens with two attached hydrogens (primary N) is 2. The number of hydrogen-bond acceptors (Lipinski definition) is 4. The Balaban J connectivity index is 1.50. The van der Waals surface area contributed by atoms with Gasteiger partial charge in [-0.25, -0.2) is 0 Å². The molecule has 1 aliphatic rings. The second kappa shape index (κ2) is 9.81. The number of amides is 1. The van der Waals surface area contributed by atoms with Gasteiger partial charge >= 0.3 is 0 Å². The lowest BCUT2D eigenvalue weighted by Gasteiger charge is -2.30. The molecule has 34 heavy (non-hydrogen) atoms. The van der Waals surface area contributed by atoms with Crippen LogP contribution in [-0.2, 0) is 23.1 Å². The van der Waals surface area contributed by atoms with Crippen molar-refractivity contribution in [3.63, 3.8) is 0 Å². The molecular weight excluding hydrogens is 426 g/mol. The van der Waals surface area contributed by atoms with E-state index >= 15 is 0 Å². The fourth-order valence-electron chi connectivity index (χ4n) is 5.16. The van der Waals surface area contributed by atoms with Crippen LogP contribution in [0.15, 0.2) is 54.6 Å². The minimum atomic E-state index is -0.870. The molecule has 3 aromatic rings. The number of carbonyl (C=O) groups is 2. The van der Waals surface area contributed by atoms with Crippen LogP contribution in [0.4, 0.5) is 0 Å². The van der Waals surface area contributed by atoms with Crippen molar-refractivity contribution >= 4 is 28.4 Å². The van der Waals surface area contributed by atoms with E-state index < -0.39 is 12.0 Å². The van der Waals surface area contributed by atoms with Crippen molar-refractivity contribution in [2.45, 2.75) is 44.7 Å². The number of aromatic nitrogens is 1. The standard InChI is InChI=1S/C27H33N5O2/c1-17(33)24(25(28)18-7-4-3-5-8-18)27(34)32-14-6-9-21(32)12-13-22-15-19-10-11-20(26(29)30)16-23(19)31(22)2/h3-5,7-8,10-11,15-16,21,24-25H,6,9,12-14,28H2,1-2H3,(H3,29,30)/t21-,24?,25?/m0/s1. The van der Waals surface area contributed by atoms with Crippen molar-refractivity contribution in [2.24, 2.45) is 24.4 Å². The van der Waals surface area contributed by atoms with E-state index in [1.165, 1.54) is 12.6 Å². The first-order valence-electron chi connectivity index (χ1n) is 11.8. The molecule has 1 fully saturated rings. The lowest BCUT2D eigenvalue weighted by Crippen LogP contribution is -2.45. The number of aryl methyl sites for hydroxylation is 2. The second-order valence-corrected chi connectivity index (χ2v) is 9.27. The number of hydrogen-bond donors (Lipinski definition) is 3. The molecule has 4 rings (SSSR count). The van der Waals surface area contributed by atoms with E-state index in [1.54, 1.807) is 0 Å². The van der Waals surface area contributed by atoms with Gasteiger partial charge in [-0.3, -0.25) is 15.0 Å². The van der Waals surface area contributed by atoms with Gasteiger partial charge in [-0.15, -0.1) is 0 Å². The van der Waals surface area contributed by atoms with E-state index in [1.807, 2.05) is 60.5 Å². The Bertz CT molecular complexity index is 1220. The van der Waals surface area contributed by atoms with E-state index in [2.05, 4.69) is 10.6 Å². The van der Waals surface area contributed by atoms with Crippen LogP contribution in [0.1, 0.15) is 49.0 Å². The zero-order chi connectivity index (χ0) is 24.4. The normalized spacial score (nSPS) is 17.6. The number of nitrogens with zero attached hydrogens (tertiary/aromatic N) is 2. The number of carbonyl (C=O) groups excluding carboxylic acids is 2. The van der Waals surface area contributed by atoms with Gasteiger partial charge in [0.25, 0.3) is 0 Å². The van der Waals surface area contributed by atoms with Crippen LogP contribution in [0.25, 0.3) is 10.9 Å². The summed E-state index contributed by atoms with van der Waals surface area (Å²) in [7, 11) is 2.02. The number of benzene rings is 2. The minimum absolute atomic E-state index is 0.0542. The molecule has 5 N–H and O–H groups in total. The van der Waals surface area contributed by atoms with Crippen molar-refractivity contribution in [2.75, 3.05) is 6.54 Å². The van der Waals surface area contributed by atoms with Crippen LogP contribution < -0.4 is 11.5 Å². The molecule has 2 aromatic carbocycles. The van der Waals surface area contributed by atoms with E-state index in [4.69, 9.17) is 16.9 Å². The Morgan fingerprint density at radius 2 is 1.88 bits per heavy atom. The molecule has 3 atom stereocenters. The summed E-state index contributed by atoms with van der Waals surface area (Å²) in [6.07, 6.45) is 3.49. The molecule has 0 aliphatic carbocycles. The molecular formula is C27H33N5O2. The molecule has 0 saturated carbocycles. The molecule has 0 spiro atoms. The molecule has 7 heteroatoms. The summed E-state index contributed by atoms with van der Waals surface area (Å²) >= 11 is 0. The second-order valence-electron chi connectivity index (χ2n) is 9.27. The summed E-state index contributed by atoms with van der Waals surface area (Å²) in [5, 5.41) is 8.80. The Labute approximate surface area is 200 Å². The average molecular weight is 460 g/mol. The highest BCUT2D eigenvalue weighted by atomic mass is 16.2.